The first-order chi connectivity index (χ1) is 4.85. The van der Waals surface area contributed by atoms with Gasteiger partial charge in [0.05, 0.1) is 6.07 Å². The Hall–Kier alpha value is -0.550. The van der Waals surface area contributed by atoms with Crippen LogP contribution in [0.3, 0.4) is 0 Å². The molecule has 10 heavy (non-hydrogen) atoms. The smallest absolute Gasteiger partial charge is 0.0635 e. The van der Waals surface area contributed by atoms with Crippen molar-refractivity contribution in [1.29, 1.82) is 5.26 Å². The van der Waals surface area contributed by atoms with E-state index < -0.39 is 0 Å². The molecule has 0 radical (unpaired) electrons. The number of nitriles is 1. The van der Waals surface area contributed by atoms with Gasteiger partial charge in [-0.2, -0.15) is 5.26 Å². The van der Waals surface area contributed by atoms with Crippen molar-refractivity contribution in [2.24, 2.45) is 0 Å². The molecule has 0 bridgehead atoms. The van der Waals surface area contributed by atoms with Crippen molar-refractivity contribution in [2.75, 3.05) is 19.6 Å². The molecule has 0 aromatic carbocycles. The topological polar surface area (TPSA) is 27.0 Å². The fraction of sp³-hybridized carbons (Fsp3) is 0.875. The van der Waals surface area contributed by atoms with Crippen molar-refractivity contribution >= 4 is 0 Å². The Morgan fingerprint density at radius 3 is 2.40 bits per heavy atom. The third-order valence-corrected chi connectivity index (χ3v) is 1.53. The number of nitrogens with zero attached hydrogens (tertiary/aromatic N) is 2. The molecular weight excluding hydrogens is 124 g/mol. The van der Waals surface area contributed by atoms with Crippen molar-refractivity contribution in [2.45, 2.75) is 26.7 Å². The lowest BCUT2D eigenvalue weighted by molar-refractivity contribution is 0.295. The van der Waals surface area contributed by atoms with Crippen molar-refractivity contribution in [3.8, 4) is 6.07 Å². The minimum Gasteiger partial charge on any atom is -0.303 e. The van der Waals surface area contributed by atoms with Crippen LogP contribution < -0.4 is 0 Å². The predicted molar refractivity (Wildman–Crippen MR) is 42.6 cm³/mol. The summed E-state index contributed by atoms with van der Waals surface area (Å²) in [7, 11) is 0. The molecule has 0 saturated carbocycles. The third-order valence-electron chi connectivity index (χ3n) is 1.53. The summed E-state index contributed by atoms with van der Waals surface area (Å²) in [6, 6.07) is 2.15. The van der Waals surface area contributed by atoms with Gasteiger partial charge in [0, 0.05) is 13.0 Å². The third kappa shape index (κ3) is 4.34. The van der Waals surface area contributed by atoms with Crippen LogP contribution in [0, 0.1) is 11.3 Å². The van der Waals surface area contributed by atoms with Crippen LogP contribution >= 0.6 is 0 Å². The van der Waals surface area contributed by atoms with E-state index >= 15 is 0 Å². The van der Waals surface area contributed by atoms with Gasteiger partial charge >= 0.3 is 0 Å². The van der Waals surface area contributed by atoms with Crippen LogP contribution in [0.1, 0.15) is 26.7 Å². The summed E-state index contributed by atoms with van der Waals surface area (Å²) in [5, 5.41) is 8.30. The zero-order valence-corrected chi connectivity index (χ0v) is 6.93. The standard InChI is InChI=1S/C8H16N2/c1-3-7-10(4-2)8-5-6-9/h3-5,7-8H2,1-2H3. The number of rotatable bonds is 5. The van der Waals surface area contributed by atoms with Crippen LogP contribution in [0.5, 0.6) is 0 Å². The Labute approximate surface area is 63.4 Å². The SMILES string of the molecule is CCCN(CC)CCC#N. The number of hydrogen-bond donors (Lipinski definition) is 0. The van der Waals surface area contributed by atoms with E-state index in [2.05, 4.69) is 24.8 Å². The van der Waals surface area contributed by atoms with E-state index in [1.807, 2.05) is 0 Å². The molecule has 0 aliphatic rings. The van der Waals surface area contributed by atoms with Crippen LogP contribution in [0.2, 0.25) is 0 Å². The molecule has 0 aromatic rings. The molecule has 2 heteroatoms. The Balaban J connectivity index is 3.32. The Kier molecular flexibility index (Phi) is 6.21. The lowest BCUT2D eigenvalue weighted by atomic mass is 10.3. The average Bonchev–Trinajstić information content (AvgIpc) is 1.98. The van der Waals surface area contributed by atoms with Gasteiger partial charge < -0.3 is 4.90 Å². The van der Waals surface area contributed by atoms with Gasteiger partial charge in [-0.3, -0.25) is 0 Å². The highest BCUT2D eigenvalue weighted by Crippen LogP contribution is 1.91. The van der Waals surface area contributed by atoms with Crippen molar-refractivity contribution in [1.82, 2.24) is 4.90 Å². The van der Waals surface area contributed by atoms with Gasteiger partial charge in [-0.15, -0.1) is 0 Å². The van der Waals surface area contributed by atoms with E-state index in [-0.39, 0.29) is 0 Å². The summed E-state index contributed by atoms with van der Waals surface area (Å²) in [6.07, 6.45) is 1.84. The van der Waals surface area contributed by atoms with Gasteiger partial charge in [-0.25, -0.2) is 0 Å². The van der Waals surface area contributed by atoms with E-state index in [4.69, 9.17) is 5.26 Å². The summed E-state index contributed by atoms with van der Waals surface area (Å²) < 4.78 is 0. The number of hydrogen-bond acceptors (Lipinski definition) is 2. The normalized spacial score (nSPS) is 9.80. The largest absolute Gasteiger partial charge is 0.303 e. The lowest BCUT2D eigenvalue weighted by Crippen LogP contribution is -2.24. The van der Waals surface area contributed by atoms with Crippen LogP contribution in [-0.4, -0.2) is 24.5 Å². The van der Waals surface area contributed by atoms with Crippen molar-refractivity contribution < 1.29 is 0 Å². The molecule has 0 aliphatic carbocycles. The van der Waals surface area contributed by atoms with Gasteiger partial charge in [-0.1, -0.05) is 13.8 Å². The minimum absolute atomic E-state index is 0.661. The van der Waals surface area contributed by atoms with E-state index in [9.17, 15) is 0 Å². The van der Waals surface area contributed by atoms with Gasteiger partial charge in [0.1, 0.15) is 0 Å². The van der Waals surface area contributed by atoms with Crippen molar-refractivity contribution in [3.63, 3.8) is 0 Å². The Morgan fingerprint density at radius 1 is 1.30 bits per heavy atom. The second-order valence-corrected chi connectivity index (χ2v) is 2.34. The summed E-state index contributed by atoms with van der Waals surface area (Å²) >= 11 is 0. The monoisotopic (exact) mass is 140 g/mol. The molecule has 0 aliphatic heterocycles. The van der Waals surface area contributed by atoms with Gasteiger partial charge in [0.25, 0.3) is 0 Å². The highest BCUT2D eigenvalue weighted by Gasteiger charge is 1.97. The summed E-state index contributed by atoms with van der Waals surface area (Å²) in [4.78, 5) is 2.29. The molecule has 0 spiro atoms. The summed E-state index contributed by atoms with van der Waals surface area (Å²) in [5.74, 6) is 0. The van der Waals surface area contributed by atoms with E-state index in [1.54, 1.807) is 0 Å². The average molecular weight is 140 g/mol. The summed E-state index contributed by atoms with van der Waals surface area (Å²) in [5.41, 5.74) is 0. The zero-order chi connectivity index (χ0) is 7.82. The molecule has 0 N–H and O–H groups in total. The molecule has 0 heterocycles. The molecular formula is C8H16N2. The van der Waals surface area contributed by atoms with Crippen molar-refractivity contribution in [3.05, 3.63) is 0 Å². The van der Waals surface area contributed by atoms with Crippen LogP contribution in [0.15, 0.2) is 0 Å². The maximum atomic E-state index is 8.30. The molecule has 0 atom stereocenters. The second kappa shape index (κ2) is 6.57. The fourth-order valence-corrected chi connectivity index (χ4v) is 0.952. The fourth-order valence-electron chi connectivity index (χ4n) is 0.952. The van der Waals surface area contributed by atoms with E-state index in [1.165, 1.54) is 6.42 Å². The highest BCUT2D eigenvalue weighted by molar-refractivity contribution is 4.71. The minimum atomic E-state index is 0.661. The molecule has 0 amide bonds. The quantitative estimate of drug-likeness (QED) is 0.580. The maximum Gasteiger partial charge on any atom is 0.0635 e. The van der Waals surface area contributed by atoms with Crippen LogP contribution in [0.4, 0.5) is 0 Å². The first kappa shape index (κ1) is 9.45. The van der Waals surface area contributed by atoms with E-state index in [0.29, 0.717) is 6.42 Å². The lowest BCUT2D eigenvalue weighted by Gasteiger charge is -2.16. The predicted octanol–water partition coefficient (Wildman–Crippen LogP) is 1.63. The Bertz CT molecular complexity index is 104. The molecule has 0 rings (SSSR count). The maximum absolute atomic E-state index is 8.30. The molecule has 0 fully saturated rings. The molecule has 58 valence electrons. The first-order valence-electron chi connectivity index (χ1n) is 3.94. The van der Waals surface area contributed by atoms with Gasteiger partial charge in [0.2, 0.25) is 0 Å². The van der Waals surface area contributed by atoms with Crippen LogP contribution in [0.25, 0.3) is 0 Å². The van der Waals surface area contributed by atoms with Crippen LogP contribution in [-0.2, 0) is 0 Å². The Morgan fingerprint density at radius 2 is 2.00 bits per heavy atom. The van der Waals surface area contributed by atoms with Gasteiger partial charge in [0.15, 0.2) is 0 Å². The second-order valence-electron chi connectivity index (χ2n) is 2.34. The molecule has 2 nitrogen and oxygen atoms in total. The zero-order valence-electron chi connectivity index (χ0n) is 6.93. The van der Waals surface area contributed by atoms with E-state index in [0.717, 1.165) is 19.6 Å². The first-order valence-corrected chi connectivity index (χ1v) is 3.94. The van der Waals surface area contributed by atoms with Gasteiger partial charge in [-0.05, 0) is 19.5 Å². The summed E-state index contributed by atoms with van der Waals surface area (Å²) in [6.45, 7) is 7.41. The molecule has 0 unspecified atom stereocenters. The highest BCUT2D eigenvalue weighted by atomic mass is 15.1. The molecule has 0 saturated heterocycles. The molecule has 0 aromatic heterocycles.